The van der Waals surface area contributed by atoms with Gasteiger partial charge in [0.15, 0.2) is 11.5 Å². The maximum absolute atomic E-state index is 6.13. The van der Waals surface area contributed by atoms with E-state index in [4.69, 9.17) is 31.5 Å². The van der Waals surface area contributed by atoms with Gasteiger partial charge in [-0.2, -0.15) is 0 Å². The SMILES string of the molecule is C=C(Cl)c1cc(OCc2ccccc2)c(O[C@H]2CCOC2)cc1N=CN. The fourth-order valence-electron chi connectivity index (χ4n) is 2.68. The maximum atomic E-state index is 6.13. The Morgan fingerprint density at radius 1 is 1.31 bits per heavy atom. The first-order valence-electron chi connectivity index (χ1n) is 8.35. The van der Waals surface area contributed by atoms with Gasteiger partial charge in [-0.1, -0.05) is 48.5 Å². The first kappa shape index (κ1) is 18.3. The molecular weight excluding hydrogens is 352 g/mol. The lowest BCUT2D eigenvalue weighted by Gasteiger charge is -2.18. The summed E-state index contributed by atoms with van der Waals surface area (Å²) in [6, 6.07) is 13.5. The molecule has 1 heterocycles. The van der Waals surface area contributed by atoms with Crippen molar-refractivity contribution in [3.63, 3.8) is 0 Å². The minimum absolute atomic E-state index is 0.0196. The standard InChI is InChI=1S/C20H21ClN2O3/c1-14(21)17-9-19(25-11-15-5-3-2-4-6-15)20(10-18(17)23-13-22)26-16-7-8-24-12-16/h2-6,9-10,13,16H,1,7-8,11-12H2,(H2,22,23)/t16-/m0/s1. The first-order chi connectivity index (χ1) is 12.7. The molecule has 3 rings (SSSR count). The average molecular weight is 373 g/mol. The summed E-state index contributed by atoms with van der Waals surface area (Å²) in [7, 11) is 0. The van der Waals surface area contributed by atoms with Crippen molar-refractivity contribution >= 4 is 28.7 Å². The monoisotopic (exact) mass is 372 g/mol. The molecule has 1 atom stereocenters. The molecule has 0 bridgehead atoms. The number of rotatable bonds is 7. The topological polar surface area (TPSA) is 66.1 Å². The minimum Gasteiger partial charge on any atom is -0.485 e. The number of ether oxygens (including phenoxy) is 3. The van der Waals surface area contributed by atoms with Crippen molar-refractivity contribution in [1.82, 2.24) is 0 Å². The Morgan fingerprint density at radius 3 is 2.77 bits per heavy atom. The molecule has 1 fully saturated rings. The number of hydrogen-bond donors (Lipinski definition) is 1. The Labute approximate surface area is 158 Å². The lowest BCUT2D eigenvalue weighted by Crippen LogP contribution is -2.16. The summed E-state index contributed by atoms with van der Waals surface area (Å²) in [6.45, 7) is 5.45. The van der Waals surface area contributed by atoms with Crippen molar-refractivity contribution in [3.05, 3.63) is 60.2 Å². The van der Waals surface area contributed by atoms with E-state index in [0.717, 1.165) is 12.0 Å². The van der Waals surface area contributed by atoms with Crippen LogP contribution in [-0.2, 0) is 11.3 Å². The van der Waals surface area contributed by atoms with Crippen LogP contribution >= 0.6 is 11.6 Å². The Morgan fingerprint density at radius 2 is 2.12 bits per heavy atom. The fourth-order valence-corrected chi connectivity index (χ4v) is 2.83. The van der Waals surface area contributed by atoms with Gasteiger partial charge in [-0.05, 0) is 11.6 Å². The van der Waals surface area contributed by atoms with Crippen LogP contribution < -0.4 is 15.2 Å². The maximum Gasteiger partial charge on any atom is 0.163 e. The Balaban J connectivity index is 1.91. The van der Waals surface area contributed by atoms with Crippen molar-refractivity contribution in [2.45, 2.75) is 19.1 Å². The van der Waals surface area contributed by atoms with E-state index in [9.17, 15) is 0 Å². The zero-order chi connectivity index (χ0) is 18.4. The summed E-state index contributed by atoms with van der Waals surface area (Å²) in [5.74, 6) is 1.16. The number of nitrogens with zero attached hydrogens (tertiary/aromatic N) is 1. The van der Waals surface area contributed by atoms with Gasteiger partial charge in [-0.15, -0.1) is 0 Å². The largest absolute Gasteiger partial charge is 0.485 e. The lowest BCUT2D eigenvalue weighted by molar-refractivity contribution is 0.137. The fraction of sp³-hybridized carbons (Fsp3) is 0.250. The summed E-state index contributed by atoms with van der Waals surface area (Å²) in [5, 5.41) is 0.353. The summed E-state index contributed by atoms with van der Waals surface area (Å²) in [6.07, 6.45) is 2.03. The lowest BCUT2D eigenvalue weighted by atomic mass is 10.1. The molecule has 2 N–H and O–H groups in total. The second-order valence-corrected chi connectivity index (χ2v) is 6.33. The van der Waals surface area contributed by atoms with Crippen LogP contribution in [0.15, 0.2) is 54.0 Å². The molecule has 6 heteroatoms. The van der Waals surface area contributed by atoms with Crippen LogP contribution in [0.3, 0.4) is 0 Å². The highest BCUT2D eigenvalue weighted by atomic mass is 35.5. The van der Waals surface area contributed by atoms with Gasteiger partial charge >= 0.3 is 0 Å². The summed E-state index contributed by atoms with van der Waals surface area (Å²) >= 11 is 6.13. The van der Waals surface area contributed by atoms with Gasteiger partial charge in [-0.3, -0.25) is 0 Å². The summed E-state index contributed by atoms with van der Waals surface area (Å²) in [5.41, 5.74) is 7.74. The van der Waals surface area contributed by atoms with E-state index in [1.165, 1.54) is 6.34 Å². The minimum atomic E-state index is -0.0196. The Hall–Kier alpha value is -2.50. The molecular formula is C20H21ClN2O3. The number of hydrogen-bond acceptors (Lipinski definition) is 4. The van der Waals surface area contributed by atoms with Gasteiger partial charge in [0.05, 0.1) is 25.2 Å². The van der Waals surface area contributed by atoms with Crippen molar-refractivity contribution in [2.24, 2.45) is 10.7 Å². The van der Waals surface area contributed by atoms with Crippen LogP contribution in [0, 0.1) is 0 Å². The van der Waals surface area contributed by atoms with E-state index in [-0.39, 0.29) is 6.10 Å². The van der Waals surface area contributed by atoms with E-state index < -0.39 is 0 Å². The normalized spacial score (nSPS) is 16.7. The van der Waals surface area contributed by atoms with Crippen molar-refractivity contribution in [2.75, 3.05) is 13.2 Å². The van der Waals surface area contributed by atoms with Gasteiger partial charge < -0.3 is 19.9 Å². The van der Waals surface area contributed by atoms with E-state index in [2.05, 4.69) is 11.6 Å². The molecule has 0 aromatic heterocycles. The van der Waals surface area contributed by atoms with Crippen molar-refractivity contribution < 1.29 is 14.2 Å². The molecule has 1 saturated heterocycles. The molecule has 0 saturated carbocycles. The van der Waals surface area contributed by atoms with Crippen LogP contribution in [0.2, 0.25) is 0 Å². The number of halogens is 1. The zero-order valence-electron chi connectivity index (χ0n) is 14.4. The molecule has 0 spiro atoms. The quantitative estimate of drug-likeness (QED) is 0.582. The first-order valence-corrected chi connectivity index (χ1v) is 8.73. The van der Waals surface area contributed by atoms with Gasteiger partial charge in [0.25, 0.3) is 0 Å². The Kier molecular flexibility index (Phi) is 6.15. The zero-order valence-corrected chi connectivity index (χ0v) is 15.1. The highest BCUT2D eigenvalue weighted by Gasteiger charge is 2.21. The van der Waals surface area contributed by atoms with E-state index in [1.54, 1.807) is 12.1 Å². The predicted octanol–water partition coefficient (Wildman–Crippen LogP) is 4.26. The second kappa shape index (κ2) is 8.74. The second-order valence-electron chi connectivity index (χ2n) is 5.88. The molecule has 0 unspecified atom stereocenters. The van der Waals surface area contributed by atoms with Crippen LogP contribution in [-0.4, -0.2) is 25.7 Å². The van der Waals surface area contributed by atoms with Crippen LogP contribution in [0.25, 0.3) is 5.03 Å². The number of benzene rings is 2. The molecule has 1 aliphatic rings. The predicted molar refractivity (Wildman–Crippen MR) is 104 cm³/mol. The molecule has 26 heavy (non-hydrogen) atoms. The van der Waals surface area contributed by atoms with Gasteiger partial charge in [0, 0.05) is 23.1 Å². The Bertz CT molecular complexity index is 787. The molecule has 136 valence electrons. The molecule has 2 aromatic rings. The highest BCUT2D eigenvalue weighted by molar-refractivity contribution is 6.48. The summed E-state index contributed by atoms with van der Waals surface area (Å²) in [4.78, 5) is 4.16. The van der Waals surface area contributed by atoms with Gasteiger partial charge in [-0.25, -0.2) is 4.99 Å². The smallest absolute Gasteiger partial charge is 0.163 e. The molecule has 2 aromatic carbocycles. The summed E-state index contributed by atoms with van der Waals surface area (Å²) < 4.78 is 17.5. The number of aliphatic imine (C=N–C) groups is 1. The number of nitrogens with two attached hydrogens (primary N) is 1. The highest BCUT2D eigenvalue weighted by Crippen LogP contribution is 2.40. The van der Waals surface area contributed by atoms with E-state index in [1.807, 2.05) is 30.3 Å². The third-order valence-corrected chi connectivity index (χ3v) is 4.19. The van der Waals surface area contributed by atoms with Crippen LogP contribution in [0.5, 0.6) is 11.5 Å². The van der Waals surface area contributed by atoms with Gasteiger partial charge in [0.2, 0.25) is 0 Å². The molecule has 0 radical (unpaired) electrons. The molecule has 0 aliphatic carbocycles. The van der Waals surface area contributed by atoms with Gasteiger partial charge in [0.1, 0.15) is 12.7 Å². The molecule has 1 aliphatic heterocycles. The molecule has 5 nitrogen and oxygen atoms in total. The van der Waals surface area contributed by atoms with E-state index in [0.29, 0.717) is 47.6 Å². The van der Waals surface area contributed by atoms with Crippen molar-refractivity contribution in [1.29, 1.82) is 0 Å². The van der Waals surface area contributed by atoms with Crippen molar-refractivity contribution in [3.8, 4) is 11.5 Å². The third-order valence-electron chi connectivity index (χ3n) is 3.99. The van der Waals surface area contributed by atoms with Crippen LogP contribution in [0.4, 0.5) is 5.69 Å². The third kappa shape index (κ3) is 4.56. The van der Waals surface area contributed by atoms with E-state index >= 15 is 0 Å². The molecule has 0 amide bonds. The average Bonchev–Trinajstić information content (AvgIpc) is 3.15. The van der Waals surface area contributed by atoms with Crippen LogP contribution in [0.1, 0.15) is 17.5 Å².